The third-order valence-electron chi connectivity index (χ3n) is 8.69. The molecule has 2 saturated heterocycles. The van der Waals surface area contributed by atoms with Gasteiger partial charge in [-0.05, 0) is 124 Å². The van der Waals surface area contributed by atoms with Gasteiger partial charge in [-0.2, -0.15) is 0 Å². The van der Waals surface area contributed by atoms with Crippen molar-refractivity contribution in [3.63, 3.8) is 0 Å². The van der Waals surface area contributed by atoms with Crippen molar-refractivity contribution in [3.8, 4) is 5.69 Å². The number of thiocarbonyl (C=S) groups is 1. The number of nitrogens with zero attached hydrogens (tertiary/aromatic N) is 4. The molecule has 2 fully saturated rings. The predicted octanol–water partition coefficient (Wildman–Crippen LogP) is 8.17. The molecule has 41 heavy (non-hydrogen) atoms. The summed E-state index contributed by atoms with van der Waals surface area (Å²) in [7, 11) is 0. The van der Waals surface area contributed by atoms with Gasteiger partial charge in [0.2, 0.25) is 0 Å². The van der Waals surface area contributed by atoms with Crippen LogP contribution in [0.5, 0.6) is 0 Å². The van der Waals surface area contributed by atoms with Crippen LogP contribution < -0.4 is 15.1 Å². The van der Waals surface area contributed by atoms with Gasteiger partial charge in [0.25, 0.3) is 0 Å². The lowest BCUT2D eigenvalue weighted by Gasteiger charge is -2.33. The van der Waals surface area contributed by atoms with Crippen LogP contribution in [0, 0.1) is 33.6 Å². The molecule has 4 heterocycles. The number of anilines is 2. The number of piperidine rings is 1. The molecule has 2 aliphatic heterocycles. The summed E-state index contributed by atoms with van der Waals surface area (Å²) in [6.45, 7) is 13.1. The highest BCUT2D eigenvalue weighted by molar-refractivity contribution is 7.80. The number of hydrogen-bond donors (Lipinski definition) is 1. The van der Waals surface area contributed by atoms with E-state index in [1.807, 2.05) is 18.3 Å². The Bertz CT molecular complexity index is 1570. The van der Waals surface area contributed by atoms with Crippen LogP contribution in [-0.4, -0.2) is 27.8 Å². The maximum atomic E-state index is 6.99. The maximum absolute atomic E-state index is 6.99. The normalized spacial score (nSPS) is 19.6. The minimum absolute atomic E-state index is 0.0963. The second-order valence-electron chi connectivity index (χ2n) is 11.8. The molecular formula is C34H38ClN5S. The van der Waals surface area contributed by atoms with Crippen molar-refractivity contribution < 1.29 is 0 Å². The standard InChI is InChI=1S/C34H38ClN5S/c1-21-11-14-38(15-12-21)31-10-9-26(20-29(31)35)40-33(32(37-34(40)41)30-8-6-7-13-36-30)28-19-24(4)39(25(28)5)27-17-22(2)16-23(3)18-27/h6-10,13,16-21,32-33H,11-12,14-15H2,1-5H3,(H,37,41)/t32-,33-/m1/s1. The third-order valence-corrected chi connectivity index (χ3v) is 9.30. The Labute approximate surface area is 254 Å². The summed E-state index contributed by atoms with van der Waals surface area (Å²) in [6, 6.07) is 21.3. The van der Waals surface area contributed by atoms with Crippen molar-refractivity contribution in [2.24, 2.45) is 5.92 Å². The molecule has 7 heteroatoms. The lowest BCUT2D eigenvalue weighted by Crippen LogP contribution is -2.33. The van der Waals surface area contributed by atoms with Crippen LogP contribution in [0.3, 0.4) is 0 Å². The van der Waals surface area contributed by atoms with Crippen molar-refractivity contribution >= 4 is 40.3 Å². The fourth-order valence-corrected chi connectivity index (χ4v) is 7.30. The summed E-state index contributed by atoms with van der Waals surface area (Å²) in [5.41, 5.74) is 10.3. The molecule has 0 saturated carbocycles. The van der Waals surface area contributed by atoms with E-state index in [2.05, 4.69) is 103 Å². The third kappa shape index (κ3) is 5.24. The molecule has 2 aromatic carbocycles. The van der Waals surface area contributed by atoms with Crippen molar-refractivity contribution in [2.45, 2.75) is 59.5 Å². The van der Waals surface area contributed by atoms with E-state index in [-0.39, 0.29) is 12.1 Å². The lowest BCUT2D eigenvalue weighted by molar-refractivity contribution is 0.438. The minimum atomic E-state index is -0.112. The summed E-state index contributed by atoms with van der Waals surface area (Å²) in [6.07, 6.45) is 4.24. The zero-order chi connectivity index (χ0) is 28.8. The molecule has 2 aromatic heterocycles. The summed E-state index contributed by atoms with van der Waals surface area (Å²) >= 11 is 13.0. The Morgan fingerprint density at radius 3 is 2.29 bits per heavy atom. The molecular weight excluding hydrogens is 546 g/mol. The molecule has 0 unspecified atom stereocenters. The molecule has 2 atom stereocenters. The highest BCUT2D eigenvalue weighted by Crippen LogP contribution is 2.45. The Hall–Kier alpha value is -3.35. The quantitative estimate of drug-likeness (QED) is 0.240. The minimum Gasteiger partial charge on any atom is -0.370 e. The zero-order valence-corrected chi connectivity index (χ0v) is 26.1. The topological polar surface area (TPSA) is 36.3 Å². The van der Waals surface area contributed by atoms with Gasteiger partial charge in [0.15, 0.2) is 5.11 Å². The van der Waals surface area contributed by atoms with Crippen LogP contribution in [-0.2, 0) is 0 Å². The van der Waals surface area contributed by atoms with Gasteiger partial charge in [-0.25, -0.2) is 0 Å². The molecule has 1 N–H and O–H groups in total. The van der Waals surface area contributed by atoms with Gasteiger partial charge in [-0.1, -0.05) is 30.7 Å². The molecule has 212 valence electrons. The first-order chi connectivity index (χ1) is 19.7. The predicted molar refractivity (Wildman–Crippen MR) is 175 cm³/mol. The van der Waals surface area contributed by atoms with Gasteiger partial charge in [0.05, 0.1) is 28.5 Å². The van der Waals surface area contributed by atoms with Crippen LogP contribution in [0.2, 0.25) is 5.02 Å². The van der Waals surface area contributed by atoms with Gasteiger partial charge in [-0.3, -0.25) is 4.98 Å². The summed E-state index contributed by atoms with van der Waals surface area (Å²) < 4.78 is 2.36. The first-order valence-electron chi connectivity index (χ1n) is 14.5. The summed E-state index contributed by atoms with van der Waals surface area (Å²) in [4.78, 5) is 9.40. The number of halogens is 1. The zero-order valence-electron chi connectivity index (χ0n) is 24.5. The first kappa shape index (κ1) is 27.8. The van der Waals surface area contributed by atoms with E-state index in [0.717, 1.165) is 41.1 Å². The Morgan fingerprint density at radius 2 is 1.63 bits per heavy atom. The van der Waals surface area contributed by atoms with E-state index in [4.69, 9.17) is 28.8 Å². The fraction of sp³-hybridized carbons (Fsp3) is 0.353. The molecule has 2 aliphatic rings. The summed E-state index contributed by atoms with van der Waals surface area (Å²) in [5, 5.41) is 5.06. The number of benzene rings is 2. The van der Waals surface area contributed by atoms with E-state index < -0.39 is 0 Å². The van der Waals surface area contributed by atoms with Crippen LogP contribution in [0.4, 0.5) is 11.4 Å². The second kappa shape index (κ2) is 11.1. The van der Waals surface area contributed by atoms with Crippen LogP contribution >= 0.6 is 23.8 Å². The monoisotopic (exact) mass is 583 g/mol. The van der Waals surface area contributed by atoms with E-state index in [1.165, 1.54) is 46.6 Å². The van der Waals surface area contributed by atoms with Crippen molar-refractivity contribution in [1.29, 1.82) is 0 Å². The largest absolute Gasteiger partial charge is 0.370 e. The molecule has 0 radical (unpaired) electrons. The number of aryl methyl sites for hydroxylation is 3. The number of aromatic nitrogens is 2. The molecule has 0 bridgehead atoms. The number of rotatable bonds is 5. The van der Waals surface area contributed by atoms with Crippen molar-refractivity contribution in [3.05, 3.63) is 106 Å². The number of hydrogen-bond acceptors (Lipinski definition) is 3. The van der Waals surface area contributed by atoms with E-state index in [1.54, 1.807) is 0 Å². The average Bonchev–Trinajstić information content (AvgIpc) is 3.44. The molecule has 0 amide bonds. The van der Waals surface area contributed by atoms with Gasteiger partial charge in [0.1, 0.15) is 0 Å². The molecule has 6 rings (SSSR count). The first-order valence-corrected chi connectivity index (χ1v) is 15.3. The summed E-state index contributed by atoms with van der Waals surface area (Å²) in [5.74, 6) is 0.768. The maximum Gasteiger partial charge on any atom is 0.174 e. The Kier molecular flexibility index (Phi) is 7.56. The lowest BCUT2D eigenvalue weighted by atomic mass is 9.96. The van der Waals surface area contributed by atoms with Gasteiger partial charge >= 0.3 is 0 Å². The van der Waals surface area contributed by atoms with Gasteiger partial charge in [-0.15, -0.1) is 0 Å². The SMILES string of the molecule is Cc1cc(C)cc(-n2c(C)cc([C@@H]3[C@@H](c4ccccn4)NC(=S)N3c3ccc(N4CCC(C)CC4)c(Cl)c3)c2C)c1. The van der Waals surface area contributed by atoms with E-state index >= 15 is 0 Å². The van der Waals surface area contributed by atoms with E-state index in [0.29, 0.717) is 5.11 Å². The smallest absolute Gasteiger partial charge is 0.174 e. The van der Waals surface area contributed by atoms with Crippen LogP contribution in [0.25, 0.3) is 5.69 Å². The number of nitrogens with one attached hydrogen (secondary N) is 1. The van der Waals surface area contributed by atoms with Crippen molar-refractivity contribution in [1.82, 2.24) is 14.9 Å². The Balaban J connectivity index is 1.45. The highest BCUT2D eigenvalue weighted by atomic mass is 35.5. The van der Waals surface area contributed by atoms with Crippen molar-refractivity contribution in [2.75, 3.05) is 22.9 Å². The highest BCUT2D eigenvalue weighted by Gasteiger charge is 2.42. The molecule has 0 spiro atoms. The molecule has 4 aromatic rings. The van der Waals surface area contributed by atoms with E-state index in [9.17, 15) is 0 Å². The molecule has 0 aliphatic carbocycles. The average molecular weight is 584 g/mol. The van der Waals surface area contributed by atoms with Gasteiger partial charge < -0.3 is 19.7 Å². The van der Waals surface area contributed by atoms with Crippen LogP contribution in [0.15, 0.2) is 66.9 Å². The second-order valence-corrected chi connectivity index (χ2v) is 12.6. The van der Waals surface area contributed by atoms with Gasteiger partial charge in [0, 0.05) is 42.0 Å². The van der Waals surface area contributed by atoms with Crippen LogP contribution in [0.1, 0.15) is 65.6 Å². The number of pyridine rings is 1. The Morgan fingerprint density at radius 1 is 0.902 bits per heavy atom. The molecule has 5 nitrogen and oxygen atoms in total. The fourth-order valence-electron chi connectivity index (χ4n) is 6.66.